The first-order chi connectivity index (χ1) is 15.3. The van der Waals surface area contributed by atoms with Crippen LogP contribution in [0.5, 0.6) is 5.75 Å². The van der Waals surface area contributed by atoms with Gasteiger partial charge in [0.1, 0.15) is 23.1 Å². The number of imide groups is 1. The van der Waals surface area contributed by atoms with E-state index in [2.05, 4.69) is 5.32 Å². The molecule has 0 bridgehead atoms. The van der Waals surface area contributed by atoms with Crippen LogP contribution in [0, 0.1) is 25.5 Å². The lowest BCUT2D eigenvalue weighted by Gasteiger charge is -2.16. The average Bonchev–Trinajstić information content (AvgIpc) is 3.00. The summed E-state index contributed by atoms with van der Waals surface area (Å²) in [5, 5.41) is 3.04. The first kappa shape index (κ1) is 21.2. The Hall–Kier alpha value is -4.00. The van der Waals surface area contributed by atoms with E-state index in [1.54, 1.807) is 30.3 Å². The van der Waals surface area contributed by atoms with Gasteiger partial charge in [0.05, 0.1) is 18.4 Å². The Morgan fingerprint density at radius 2 is 1.62 bits per heavy atom. The minimum Gasteiger partial charge on any atom is -0.496 e. The zero-order chi connectivity index (χ0) is 23.0. The van der Waals surface area contributed by atoms with Crippen molar-refractivity contribution in [2.75, 3.05) is 17.3 Å². The quantitative estimate of drug-likeness (QED) is 0.575. The van der Waals surface area contributed by atoms with Crippen molar-refractivity contribution in [1.82, 2.24) is 0 Å². The molecule has 1 N–H and O–H groups in total. The van der Waals surface area contributed by atoms with Crippen LogP contribution in [-0.4, -0.2) is 18.9 Å². The summed E-state index contributed by atoms with van der Waals surface area (Å²) in [6.45, 7) is 3.89. The smallest absolute Gasteiger partial charge is 0.282 e. The van der Waals surface area contributed by atoms with Crippen molar-refractivity contribution < 1.29 is 23.1 Å². The zero-order valence-corrected chi connectivity index (χ0v) is 17.7. The van der Waals surface area contributed by atoms with Crippen LogP contribution in [0.25, 0.3) is 5.57 Å². The van der Waals surface area contributed by atoms with Gasteiger partial charge in [-0.1, -0.05) is 24.3 Å². The molecular formula is C25H20F2N2O3. The number of aryl methyl sites for hydroxylation is 2. The highest BCUT2D eigenvalue weighted by Crippen LogP contribution is 2.38. The average molecular weight is 434 g/mol. The molecule has 7 heteroatoms. The number of rotatable bonds is 5. The van der Waals surface area contributed by atoms with Crippen LogP contribution in [0.3, 0.4) is 0 Å². The minimum absolute atomic E-state index is 0.0218. The molecule has 0 aromatic heterocycles. The number of hydrogen-bond acceptors (Lipinski definition) is 4. The Bertz CT molecular complexity index is 1280. The van der Waals surface area contributed by atoms with Crippen molar-refractivity contribution in [3.8, 4) is 5.75 Å². The monoisotopic (exact) mass is 434 g/mol. The summed E-state index contributed by atoms with van der Waals surface area (Å²) in [4.78, 5) is 27.5. The topological polar surface area (TPSA) is 58.6 Å². The van der Waals surface area contributed by atoms with Gasteiger partial charge in [0.15, 0.2) is 0 Å². The van der Waals surface area contributed by atoms with E-state index < -0.39 is 23.4 Å². The van der Waals surface area contributed by atoms with Crippen LogP contribution >= 0.6 is 0 Å². The predicted octanol–water partition coefficient (Wildman–Crippen LogP) is 4.99. The maximum atomic E-state index is 14.5. The molecule has 162 valence electrons. The number of hydrogen-bond donors (Lipinski definition) is 1. The van der Waals surface area contributed by atoms with E-state index in [9.17, 15) is 18.4 Å². The Kier molecular flexibility index (Phi) is 5.48. The highest BCUT2D eigenvalue weighted by molar-refractivity contribution is 6.46. The second-order valence-electron chi connectivity index (χ2n) is 7.42. The fourth-order valence-corrected chi connectivity index (χ4v) is 3.59. The summed E-state index contributed by atoms with van der Waals surface area (Å²) < 4.78 is 33.3. The van der Waals surface area contributed by atoms with Crippen molar-refractivity contribution in [3.63, 3.8) is 0 Å². The number of anilines is 2. The van der Waals surface area contributed by atoms with E-state index in [0.29, 0.717) is 28.0 Å². The number of halogens is 2. The second-order valence-corrected chi connectivity index (χ2v) is 7.42. The molecule has 3 aromatic rings. The van der Waals surface area contributed by atoms with Crippen molar-refractivity contribution in [2.45, 2.75) is 13.8 Å². The third kappa shape index (κ3) is 3.62. The summed E-state index contributed by atoms with van der Waals surface area (Å²) >= 11 is 0. The van der Waals surface area contributed by atoms with Gasteiger partial charge in [-0.3, -0.25) is 9.59 Å². The van der Waals surface area contributed by atoms with E-state index in [0.717, 1.165) is 23.3 Å². The molecule has 4 rings (SSSR count). The van der Waals surface area contributed by atoms with Gasteiger partial charge in [0, 0.05) is 17.3 Å². The maximum absolute atomic E-state index is 14.5. The lowest BCUT2D eigenvalue weighted by Crippen LogP contribution is -2.33. The highest BCUT2D eigenvalue weighted by Gasteiger charge is 2.42. The van der Waals surface area contributed by atoms with E-state index in [1.165, 1.54) is 7.11 Å². The molecule has 0 saturated heterocycles. The molecule has 0 unspecified atom stereocenters. The van der Waals surface area contributed by atoms with Gasteiger partial charge in [-0.05, 0) is 55.3 Å². The number of methoxy groups -OCH3 is 1. The SMILES string of the molecule is COc1ccccc1C1=C(Nc2ccc(C)c(C)c2)C(=O)N(c2ccc(F)cc2F)C1=O. The predicted molar refractivity (Wildman–Crippen MR) is 118 cm³/mol. The molecule has 0 aliphatic carbocycles. The fraction of sp³-hybridized carbons (Fsp3) is 0.120. The summed E-state index contributed by atoms with van der Waals surface area (Å²) in [7, 11) is 1.45. The zero-order valence-electron chi connectivity index (χ0n) is 17.7. The first-order valence-electron chi connectivity index (χ1n) is 9.87. The third-order valence-electron chi connectivity index (χ3n) is 5.39. The molecule has 2 amide bonds. The Labute approximate surface area is 183 Å². The van der Waals surface area contributed by atoms with Crippen LogP contribution in [0.1, 0.15) is 16.7 Å². The number of nitrogens with zero attached hydrogens (tertiary/aromatic N) is 1. The van der Waals surface area contributed by atoms with Gasteiger partial charge in [-0.25, -0.2) is 13.7 Å². The molecule has 1 aliphatic rings. The minimum atomic E-state index is -1.02. The summed E-state index contributed by atoms with van der Waals surface area (Å²) in [6, 6.07) is 15.0. The van der Waals surface area contributed by atoms with E-state index in [4.69, 9.17) is 4.74 Å². The normalized spacial score (nSPS) is 13.7. The van der Waals surface area contributed by atoms with Crippen LogP contribution in [0.4, 0.5) is 20.2 Å². The third-order valence-corrected chi connectivity index (χ3v) is 5.39. The fourth-order valence-electron chi connectivity index (χ4n) is 3.59. The maximum Gasteiger partial charge on any atom is 0.282 e. The standard InChI is InChI=1S/C25H20F2N2O3/c1-14-8-10-17(12-15(14)2)28-23-22(18-6-4-5-7-21(18)32-3)24(30)29(25(23)31)20-11-9-16(26)13-19(20)27/h4-13,28H,1-3H3. The number of para-hydroxylation sites is 1. The molecule has 5 nitrogen and oxygen atoms in total. The Balaban J connectivity index is 1.88. The highest BCUT2D eigenvalue weighted by atomic mass is 19.1. The van der Waals surface area contributed by atoms with Gasteiger partial charge in [0.25, 0.3) is 11.8 Å². The molecule has 0 atom stereocenters. The first-order valence-corrected chi connectivity index (χ1v) is 9.87. The number of amides is 2. The van der Waals surface area contributed by atoms with Crippen molar-refractivity contribution >= 4 is 28.8 Å². The Morgan fingerprint density at radius 1 is 0.875 bits per heavy atom. The molecular weight excluding hydrogens is 414 g/mol. The number of ether oxygens (including phenoxy) is 1. The molecule has 0 fully saturated rings. The van der Waals surface area contributed by atoms with Crippen LogP contribution in [0.2, 0.25) is 0 Å². The molecule has 1 aliphatic heterocycles. The van der Waals surface area contributed by atoms with Crippen molar-refractivity contribution in [1.29, 1.82) is 0 Å². The number of carbonyl (C=O) groups excluding carboxylic acids is 2. The number of benzene rings is 3. The summed E-state index contributed by atoms with van der Waals surface area (Å²) in [5.74, 6) is -2.93. The molecule has 0 saturated carbocycles. The summed E-state index contributed by atoms with van der Waals surface area (Å²) in [5.41, 5.74) is 2.72. The van der Waals surface area contributed by atoms with Gasteiger partial charge in [-0.2, -0.15) is 0 Å². The van der Waals surface area contributed by atoms with Gasteiger partial charge in [-0.15, -0.1) is 0 Å². The number of nitrogens with one attached hydrogen (secondary N) is 1. The molecule has 1 heterocycles. The van der Waals surface area contributed by atoms with Crippen LogP contribution in [0.15, 0.2) is 66.4 Å². The summed E-state index contributed by atoms with van der Waals surface area (Å²) in [6.07, 6.45) is 0. The Morgan fingerprint density at radius 3 is 2.31 bits per heavy atom. The van der Waals surface area contributed by atoms with Gasteiger partial charge in [0.2, 0.25) is 0 Å². The van der Waals surface area contributed by atoms with Crippen molar-refractivity contribution in [2.24, 2.45) is 0 Å². The largest absolute Gasteiger partial charge is 0.496 e. The number of carbonyl (C=O) groups is 2. The molecule has 3 aromatic carbocycles. The lowest BCUT2D eigenvalue weighted by atomic mass is 10.0. The van der Waals surface area contributed by atoms with E-state index >= 15 is 0 Å². The second kappa shape index (κ2) is 8.26. The van der Waals surface area contributed by atoms with Gasteiger partial charge < -0.3 is 10.1 Å². The van der Waals surface area contributed by atoms with Gasteiger partial charge >= 0.3 is 0 Å². The van der Waals surface area contributed by atoms with E-state index in [1.807, 2.05) is 26.0 Å². The molecule has 0 spiro atoms. The molecule has 0 radical (unpaired) electrons. The molecule has 32 heavy (non-hydrogen) atoms. The lowest BCUT2D eigenvalue weighted by molar-refractivity contribution is -0.120. The van der Waals surface area contributed by atoms with Crippen LogP contribution in [-0.2, 0) is 9.59 Å². The van der Waals surface area contributed by atoms with E-state index in [-0.39, 0.29) is 17.0 Å². The van der Waals surface area contributed by atoms with Crippen molar-refractivity contribution in [3.05, 3.63) is 94.7 Å². The van der Waals surface area contributed by atoms with Crippen LogP contribution < -0.4 is 15.0 Å².